The first-order valence-electron chi connectivity index (χ1n) is 7.38. The summed E-state index contributed by atoms with van der Waals surface area (Å²) in [6.07, 6.45) is 8.12. The Balaban J connectivity index is 1.61. The molecule has 0 atom stereocenters. The van der Waals surface area contributed by atoms with Crippen molar-refractivity contribution < 1.29 is 0 Å². The van der Waals surface area contributed by atoms with Crippen LogP contribution in [0.5, 0.6) is 0 Å². The van der Waals surface area contributed by atoms with Crippen LogP contribution in [-0.2, 0) is 6.54 Å². The summed E-state index contributed by atoms with van der Waals surface area (Å²) in [6, 6.07) is 2.42. The fourth-order valence-corrected chi connectivity index (χ4v) is 2.58. The zero-order valence-electron chi connectivity index (χ0n) is 11.3. The standard InChI is InChI=1S/C14H22N4O/c19-14-10-13(17-7-2-1-3-8-17)11-16-18(14)9-6-15-12-4-5-12/h10-12,15H,1-9H2. The van der Waals surface area contributed by atoms with Crippen molar-refractivity contribution in [2.45, 2.75) is 44.7 Å². The van der Waals surface area contributed by atoms with Crippen molar-refractivity contribution in [1.82, 2.24) is 15.1 Å². The van der Waals surface area contributed by atoms with Gasteiger partial charge in [0.05, 0.1) is 18.4 Å². The summed E-state index contributed by atoms with van der Waals surface area (Å²) in [5, 5.41) is 7.69. The lowest BCUT2D eigenvalue weighted by Gasteiger charge is -2.28. The molecule has 2 fully saturated rings. The second-order valence-electron chi connectivity index (χ2n) is 5.55. The Kier molecular flexibility index (Phi) is 3.82. The number of anilines is 1. The molecule has 2 aliphatic rings. The lowest BCUT2D eigenvalue weighted by Crippen LogP contribution is -2.33. The van der Waals surface area contributed by atoms with Crippen molar-refractivity contribution in [2.24, 2.45) is 0 Å². The van der Waals surface area contributed by atoms with E-state index in [1.165, 1.54) is 32.1 Å². The first kappa shape index (κ1) is 12.7. The number of piperidine rings is 1. The Labute approximate surface area is 113 Å². The Bertz CT molecular complexity index is 475. The van der Waals surface area contributed by atoms with Gasteiger partial charge in [-0.2, -0.15) is 5.10 Å². The molecule has 1 N–H and O–H groups in total. The van der Waals surface area contributed by atoms with E-state index in [1.807, 2.05) is 6.20 Å². The van der Waals surface area contributed by atoms with Crippen LogP contribution in [0.3, 0.4) is 0 Å². The summed E-state index contributed by atoms with van der Waals surface area (Å²) in [5.41, 5.74) is 0.997. The van der Waals surface area contributed by atoms with Crippen LogP contribution in [0.25, 0.3) is 0 Å². The molecule has 0 amide bonds. The van der Waals surface area contributed by atoms with Crippen molar-refractivity contribution in [2.75, 3.05) is 24.5 Å². The van der Waals surface area contributed by atoms with Crippen LogP contribution >= 0.6 is 0 Å². The smallest absolute Gasteiger partial charge is 0.268 e. The lowest BCUT2D eigenvalue weighted by atomic mass is 10.1. The van der Waals surface area contributed by atoms with Crippen LogP contribution < -0.4 is 15.8 Å². The molecule has 0 aromatic carbocycles. The average molecular weight is 262 g/mol. The third-order valence-corrected chi connectivity index (χ3v) is 3.91. The van der Waals surface area contributed by atoms with Gasteiger partial charge in [0, 0.05) is 31.7 Å². The molecule has 5 nitrogen and oxygen atoms in total. The highest BCUT2D eigenvalue weighted by Gasteiger charge is 2.19. The minimum absolute atomic E-state index is 0.0145. The van der Waals surface area contributed by atoms with Gasteiger partial charge in [0.1, 0.15) is 0 Å². The Morgan fingerprint density at radius 1 is 1.26 bits per heavy atom. The van der Waals surface area contributed by atoms with Crippen LogP contribution in [0.15, 0.2) is 17.1 Å². The number of nitrogens with zero attached hydrogens (tertiary/aromatic N) is 3. The maximum atomic E-state index is 12.0. The Morgan fingerprint density at radius 2 is 2.05 bits per heavy atom. The zero-order valence-corrected chi connectivity index (χ0v) is 11.3. The third-order valence-electron chi connectivity index (χ3n) is 3.91. The summed E-state index contributed by atoms with van der Waals surface area (Å²) in [5.74, 6) is 0. The fraction of sp³-hybridized carbons (Fsp3) is 0.714. The summed E-state index contributed by atoms with van der Waals surface area (Å²) < 4.78 is 1.56. The number of aromatic nitrogens is 2. The van der Waals surface area contributed by atoms with Crippen molar-refractivity contribution in [3.63, 3.8) is 0 Å². The summed E-state index contributed by atoms with van der Waals surface area (Å²) in [6.45, 7) is 3.60. The molecule has 5 heteroatoms. The van der Waals surface area contributed by atoms with Gasteiger partial charge in [-0.05, 0) is 32.1 Å². The molecule has 0 unspecified atom stereocenters. The van der Waals surface area contributed by atoms with Crippen LogP contribution in [0, 0.1) is 0 Å². The van der Waals surface area contributed by atoms with Gasteiger partial charge in [0.15, 0.2) is 0 Å². The molecule has 1 aromatic heterocycles. The van der Waals surface area contributed by atoms with Gasteiger partial charge in [-0.3, -0.25) is 4.79 Å². The number of rotatable bonds is 5. The van der Waals surface area contributed by atoms with E-state index in [-0.39, 0.29) is 5.56 Å². The molecule has 19 heavy (non-hydrogen) atoms. The molecular formula is C14H22N4O. The van der Waals surface area contributed by atoms with Crippen molar-refractivity contribution in [3.05, 3.63) is 22.6 Å². The maximum absolute atomic E-state index is 12.0. The van der Waals surface area contributed by atoms with Crippen molar-refractivity contribution in [1.29, 1.82) is 0 Å². The van der Waals surface area contributed by atoms with Crippen LogP contribution in [0.2, 0.25) is 0 Å². The van der Waals surface area contributed by atoms with E-state index in [4.69, 9.17) is 0 Å². The Hall–Kier alpha value is -1.36. The topological polar surface area (TPSA) is 50.2 Å². The Morgan fingerprint density at radius 3 is 2.74 bits per heavy atom. The van der Waals surface area contributed by atoms with Gasteiger partial charge >= 0.3 is 0 Å². The van der Waals surface area contributed by atoms with E-state index in [0.717, 1.165) is 25.3 Å². The minimum atomic E-state index is 0.0145. The number of hydrogen-bond acceptors (Lipinski definition) is 4. The molecule has 1 saturated carbocycles. The average Bonchev–Trinajstić information content (AvgIpc) is 3.26. The maximum Gasteiger partial charge on any atom is 0.268 e. The second kappa shape index (κ2) is 5.74. The first-order valence-corrected chi connectivity index (χ1v) is 7.38. The van der Waals surface area contributed by atoms with E-state index >= 15 is 0 Å². The van der Waals surface area contributed by atoms with Crippen LogP contribution in [-0.4, -0.2) is 35.5 Å². The molecule has 0 radical (unpaired) electrons. The second-order valence-corrected chi connectivity index (χ2v) is 5.55. The van der Waals surface area contributed by atoms with Gasteiger partial charge in [-0.25, -0.2) is 4.68 Å². The van der Waals surface area contributed by atoms with Gasteiger partial charge < -0.3 is 10.2 Å². The molecule has 2 heterocycles. The number of nitrogens with one attached hydrogen (secondary N) is 1. The highest BCUT2D eigenvalue weighted by atomic mass is 16.1. The summed E-state index contributed by atoms with van der Waals surface area (Å²) in [4.78, 5) is 14.3. The molecule has 1 aliphatic heterocycles. The summed E-state index contributed by atoms with van der Waals surface area (Å²) in [7, 11) is 0. The SMILES string of the molecule is O=c1cc(N2CCCCC2)cnn1CCNC1CC1. The molecule has 1 saturated heterocycles. The number of hydrogen-bond donors (Lipinski definition) is 1. The molecule has 104 valence electrons. The quantitative estimate of drug-likeness (QED) is 0.859. The van der Waals surface area contributed by atoms with Crippen LogP contribution in [0.4, 0.5) is 5.69 Å². The first-order chi connectivity index (χ1) is 9.33. The normalized spacial score (nSPS) is 19.7. The van der Waals surface area contributed by atoms with Gasteiger partial charge in [0.2, 0.25) is 0 Å². The predicted molar refractivity (Wildman–Crippen MR) is 75.6 cm³/mol. The van der Waals surface area contributed by atoms with Gasteiger partial charge in [-0.1, -0.05) is 0 Å². The van der Waals surface area contributed by atoms with E-state index in [2.05, 4.69) is 15.3 Å². The summed E-state index contributed by atoms with van der Waals surface area (Å²) >= 11 is 0. The largest absolute Gasteiger partial charge is 0.370 e. The molecule has 0 bridgehead atoms. The zero-order chi connectivity index (χ0) is 13.1. The predicted octanol–water partition coefficient (Wildman–Crippen LogP) is 0.986. The third kappa shape index (κ3) is 3.35. The van der Waals surface area contributed by atoms with Crippen molar-refractivity contribution in [3.8, 4) is 0 Å². The monoisotopic (exact) mass is 262 g/mol. The minimum Gasteiger partial charge on any atom is -0.370 e. The van der Waals surface area contributed by atoms with Crippen LogP contribution in [0.1, 0.15) is 32.1 Å². The van der Waals surface area contributed by atoms with E-state index in [1.54, 1.807) is 10.7 Å². The fourth-order valence-electron chi connectivity index (χ4n) is 2.58. The van der Waals surface area contributed by atoms with E-state index < -0.39 is 0 Å². The lowest BCUT2D eigenvalue weighted by molar-refractivity contribution is 0.526. The van der Waals surface area contributed by atoms with Gasteiger partial charge in [-0.15, -0.1) is 0 Å². The molecule has 1 aromatic rings. The van der Waals surface area contributed by atoms with E-state index in [0.29, 0.717) is 12.6 Å². The highest BCUT2D eigenvalue weighted by Crippen LogP contribution is 2.18. The molecule has 3 rings (SSSR count). The van der Waals surface area contributed by atoms with E-state index in [9.17, 15) is 4.79 Å². The molecular weight excluding hydrogens is 240 g/mol. The molecule has 0 spiro atoms. The molecule has 1 aliphatic carbocycles. The van der Waals surface area contributed by atoms with Gasteiger partial charge in [0.25, 0.3) is 5.56 Å². The highest BCUT2D eigenvalue weighted by molar-refractivity contribution is 5.43. The van der Waals surface area contributed by atoms with Crippen molar-refractivity contribution >= 4 is 5.69 Å².